The molecule has 2 aliphatic rings. The van der Waals surface area contributed by atoms with Crippen molar-refractivity contribution in [3.05, 3.63) is 36.2 Å². The molecule has 2 aromatic heterocycles. The highest BCUT2D eigenvalue weighted by Gasteiger charge is 2.29. The van der Waals surface area contributed by atoms with Crippen molar-refractivity contribution in [2.75, 3.05) is 38.1 Å². The lowest BCUT2D eigenvalue weighted by Crippen LogP contribution is -2.28. The van der Waals surface area contributed by atoms with Gasteiger partial charge in [-0.2, -0.15) is 5.10 Å². The van der Waals surface area contributed by atoms with Crippen LogP contribution in [-0.2, 0) is 6.54 Å². The van der Waals surface area contributed by atoms with Crippen LogP contribution in [0.1, 0.15) is 23.9 Å². The van der Waals surface area contributed by atoms with Crippen molar-refractivity contribution in [3.8, 4) is 0 Å². The van der Waals surface area contributed by atoms with Crippen LogP contribution in [-0.4, -0.2) is 68.8 Å². The fraction of sp³-hybridized carbons (Fsp3) is 0.529. The molecule has 4 heterocycles. The van der Waals surface area contributed by atoms with Gasteiger partial charge >= 0.3 is 6.03 Å². The minimum Gasteiger partial charge on any atom is -0.326 e. The fourth-order valence-electron chi connectivity index (χ4n) is 3.48. The van der Waals surface area contributed by atoms with Gasteiger partial charge in [-0.05, 0) is 13.3 Å². The number of hydrogen-bond donors (Lipinski definition) is 0. The molecule has 8 heteroatoms. The van der Waals surface area contributed by atoms with Crippen LogP contribution in [0.2, 0.25) is 0 Å². The number of amides is 2. The first-order valence-corrected chi connectivity index (χ1v) is 8.67. The van der Waals surface area contributed by atoms with Crippen LogP contribution in [0, 0.1) is 6.92 Å². The maximum Gasteiger partial charge on any atom is 0.324 e. The predicted octanol–water partition coefficient (Wildman–Crippen LogP) is 1.30. The summed E-state index contributed by atoms with van der Waals surface area (Å²) in [4.78, 5) is 26.6. The Morgan fingerprint density at radius 1 is 1.16 bits per heavy atom. The zero-order chi connectivity index (χ0) is 17.4. The summed E-state index contributed by atoms with van der Waals surface area (Å²) in [6.07, 6.45) is 8.66. The monoisotopic (exact) mass is 341 g/mol. The van der Waals surface area contributed by atoms with E-state index < -0.39 is 0 Å². The van der Waals surface area contributed by atoms with Gasteiger partial charge in [-0.1, -0.05) is 0 Å². The highest BCUT2D eigenvalue weighted by atomic mass is 16.2. The first-order chi connectivity index (χ1) is 12.1. The maximum atomic E-state index is 12.1. The molecule has 0 bridgehead atoms. The Morgan fingerprint density at radius 3 is 2.68 bits per heavy atom. The minimum absolute atomic E-state index is 0.0481. The Kier molecular flexibility index (Phi) is 4.12. The smallest absolute Gasteiger partial charge is 0.324 e. The van der Waals surface area contributed by atoms with Gasteiger partial charge in [-0.3, -0.25) is 14.5 Å². The summed E-state index contributed by atoms with van der Waals surface area (Å²) in [5.41, 5.74) is 2.03. The van der Waals surface area contributed by atoms with Crippen LogP contribution in [0.25, 0.3) is 0 Å². The molecule has 1 atom stereocenters. The van der Waals surface area contributed by atoms with Gasteiger partial charge in [0.2, 0.25) is 0 Å². The second-order valence-electron chi connectivity index (χ2n) is 6.85. The van der Waals surface area contributed by atoms with Crippen molar-refractivity contribution in [2.45, 2.75) is 25.9 Å². The van der Waals surface area contributed by atoms with Gasteiger partial charge in [0.1, 0.15) is 5.82 Å². The molecule has 0 aromatic carbocycles. The van der Waals surface area contributed by atoms with Crippen LogP contribution in [0.4, 0.5) is 10.5 Å². The molecule has 1 unspecified atom stereocenters. The van der Waals surface area contributed by atoms with Crippen LogP contribution >= 0.6 is 0 Å². The Balaban J connectivity index is 1.39. The quantitative estimate of drug-likeness (QED) is 0.838. The largest absolute Gasteiger partial charge is 0.326 e. The fourth-order valence-corrected chi connectivity index (χ4v) is 3.48. The summed E-state index contributed by atoms with van der Waals surface area (Å²) >= 11 is 0. The number of carbonyl (C=O) groups is 1. The number of anilines is 1. The van der Waals surface area contributed by atoms with Gasteiger partial charge in [0.15, 0.2) is 0 Å². The molecule has 2 amide bonds. The molecule has 4 rings (SSSR count). The lowest BCUT2D eigenvalue weighted by molar-refractivity contribution is 0.229. The molecule has 132 valence electrons. The van der Waals surface area contributed by atoms with E-state index in [0.717, 1.165) is 56.2 Å². The first-order valence-electron chi connectivity index (χ1n) is 8.67. The third-order valence-corrected chi connectivity index (χ3v) is 4.98. The van der Waals surface area contributed by atoms with Crippen LogP contribution in [0.15, 0.2) is 24.8 Å². The molecule has 2 aromatic rings. The summed E-state index contributed by atoms with van der Waals surface area (Å²) in [7, 11) is 1.83. The Bertz CT molecular complexity index is 757. The van der Waals surface area contributed by atoms with Gasteiger partial charge < -0.3 is 4.90 Å². The van der Waals surface area contributed by atoms with E-state index in [0.29, 0.717) is 6.04 Å². The van der Waals surface area contributed by atoms with Crippen LogP contribution < -0.4 is 4.90 Å². The van der Waals surface area contributed by atoms with Crippen molar-refractivity contribution in [1.82, 2.24) is 29.5 Å². The number of likely N-dealkylation sites (N-methyl/N-ethyl adjacent to an activating group) is 1. The van der Waals surface area contributed by atoms with Crippen LogP contribution in [0.3, 0.4) is 0 Å². The third kappa shape index (κ3) is 3.21. The standard InChI is InChI=1S/C17H23N7O/c1-13-18-7-14(8-19-13)10-22-4-3-15(11-22)24-12-16(9-20-24)23-6-5-21(2)17(23)25/h7-9,12,15H,3-6,10-11H2,1-2H3. The predicted molar refractivity (Wildman–Crippen MR) is 93.3 cm³/mol. The van der Waals surface area contributed by atoms with Gasteiger partial charge in [0, 0.05) is 63.9 Å². The number of aryl methyl sites for hydroxylation is 1. The van der Waals surface area contributed by atoms with E-state index in [1.165, 1.54) is 0 Å². The molecule has 0 aliphatic carbocycles. The van der Waals surface area contributed by atoms with Crippen LogP contribution in [0.5, 0.6) is 0 Å². The highest BCUT2D eigenvalue weighted by Crippen LogP contribution is 2.26. The highest BCUT2D eigenvalue weighted by molar-refractivity contribution is 5.93. The number of urea groups is 1. The zero-order valence-corrected chi connectivity index (χ0v) is 14.7. The molecule has 0 saturated carbocycles. The van der Waals surface area contributed by atoms with Crippen molar-refractivity contribution in [1.29, 1.82) is 0 Å². The second-order valence-corrected chi connectivity index (χ2v) is 6.85. The summed E-state index contributed by atoms with van der Waals surface area (Å²) < 4.78 is 2.01. The molecule has 25 heavy (non-hydrogen) atoms. The molecule has 2 aliphatic heterocycles. The third-order valence-electron chi connectivity index (χ3n) is 4.98. The van der Waals surface area contributed by atoms with Gasteiger partial charge in [0.05, 0.1) is 17.9 Å². The van der Waals surface area contributed by atoms with Gasteiger partial charge in [-0.15, -0.1) is 0 Å². The molecule has 0 spiro atoms. The zero-order valence-electron chi connectivity index (χ0n) is 14.7. The number of hydrogen-bond acceptors (Lipinski definition) is 5. The number of rotatable bonds is 4. The van der Waals surface area contributed by atoms with Crippen molar-refractivity contribution < 1.29 is 4.79 Å². The SMILES string of the molecule is Cc1ncc(CN2CCC(n3cc(N4CCN(C)C4=O)cn3)C2)cn1. The van der Waals surface area contributed by atoms with E-state index in [4.69, 9.17) is 0 Å². The lowest BCUT2D eigenvalue weighted by atomic mass is 10.3. The average Bonchev–Trinajstić information content (AvgIpc) is 3.32. The summed E-state index contributed by atoms with van der Waals surface area (Å²) in [6, 6.07) is 0.391. The van der Waals surface area contributed by atoms with E-state index in [1.807, 2.05) is 37.2 Å². The second kappa shape index (κ2) is 6.44. The van der Waals surface area contributed by atoms with Crippen molar-refractivity contribution >= 4 is 11.7 Å². The Hall–Kier alpha value is -2.48. The molecular weight excluding hydrogens is 318 g/mol. The topological polar surface area (TPSA) is 70.4 Å². The summed E-state index contributed by atoms with van der Waals surface area (Å²) in [6.45, 7) is 6.22. The number of aromatic nitrogens is 4. The van der Waals surface area contributed by atoms with Gasteiger partial charge in [-0.25, -0.2) is 14.8 Å². The lowest BCUT2D eigenvalue weighted by Gasteiger charge is -2.16. The molecule has 2 saturated heterocycles. The molecule has 8 nitrogen and oxygen atoms in total. The number of carbonyl (C=O) groups excluding carboxylic acids is 1. The maximum absolute atomic E-state index is 12.1. The normalized spacial score (nSPS) is 21.5. The molecule has 0 N–H and O–H groups in total. The molecule has 2 fully saturated rings. The van der Waals surface area contributed by atoms with Crippen molar-refractivity contribution in [3.63, 3.8) is 0 Å². The van der Waals surface area contributed by atoms with E-state index >= 15 is 0 Å². The van der Waals surface area contributed by atoms with E-state index in [1.54, 1.807) is 16.0 Å². The molecule has 0 radical (unpaired) electrons. The van der Waals surface area contributed by atoms with Crippen molar-refractivity contribution in [2.24, 2.45) is 0 Å². The molecular formula is C17H23N7O. The van der Waals surface area contributed by atoms with E-state index in [-0.39, 0.29) is 6.03 Å². The number of likely N-dealkylation sites (tertiary alicyclic amines) is 1. The summed E-state index contributed by atoms with van der Waals surface area (Å²) in [5.74, 6) is 0.800. The minimum atomic E-state index is 0.0481. The number of nitrogens with zero attached hydrogens (tertiary/aromatic N) is 7. The van der Waals surface area contributed by atoms with Gasteiger partial charge in [0.25, 0.3) is 0 Å². The van der Waals surface area contributed by atoms with E-state index in [9.17, 15) is 4.79 Å². The first kappa shape index (κ1) is 16.0. The Labute approximate surface area is 147 Å². The van der Waals surface area contributed by atoms with E-state index in [2.05, 4.69) is 20.0 Å². The average molecular weight is 341 g/mol. The summed E-state index contributed by atoms with van der Waals surface area (Å²) in [5, 5.41) is 4.51. The Morgan fingerprint density at radius 2 is 1.96 bits per heavy atom.